The lowest BCUT2D eigenvalue weighted by molar-refractivity contribution is -0.132. The van der Waals surface area contributed by atoms with Crippen molar-refractivity contribution in [2.24, 2.45) is 0 Å². The number of carbonyl (C=O) groups excluding carboxylic acids is 2. The lowest BCUT2D eigenvalue weighted by Crippen LogP contribution is -2.44. The molecule has 1 aromatic rings. The van der Waals surface area contributed by atoms with Crippen molar-refractivity contribution in [1.82, 2.24) is 4.90 Å². The minimum atomic E-state index is -3.58. The summed E-state index contributed by atoms with van der Waals surface area (Å²) in [6, 6.07) is 4.58. The quantitative estimate of drug-likeness (QED) is 0.803. The minimum Gasteiger partial charge on any atom is -0.335 e. The first-order chi connectivity index (χ1) is 11.0. The van der Waals surface area contributed by atoms with Crippen LogP contribution in [0.5, 0.6) is 0 Å². The van der Waals surface area contributed by atoms with E-state index in [0.717, 1.165) is 4.90 Å². The van der Waals surface area contributed by atoms with E-state index in [0.29, 0.717) is 10.7 Å². The summed E-state index contributed by atoms with van der Waals surface area (Å²) in [5.74, 6) is -1.11. The minimum absolute atomic E-state index is 0.281. The van der Waals surface area contributed by atoms with E-state index in [1.165, 1.54) is 40.0 Å². The molecule has 2 amide bonds. The van der Waals surface area contributed by atoms with E-state index >= 15 is 0 Å². The molecule has 0 saturated heterocycles. The SMILES string of the molecule is CC(C)S(=O)(=O)C(C)C(=O)N(C)CC(=O)Nc1ccc(Cl)c(Cl)c1. The van der Waals surface area contributed by atoms with Gasteiger partial charge in [0.2, 0.25) is 11.8 Å². The fourth-order valence-electron chi connectivity index (χ4n) is 1.93. The first-order valence-electron chi connectivity index (χ1n) is 7.19. The number of likely N-dealkylation sites (N-methyl/N-ethyl adjacent to an activating group) is 1. The van der Waals surface area contributed by atoms with Gasteiger partial charge in [-0.2, -0.15) is 0 Å². The molecule has 0 spiro atoms. The molecule has 1 N–H and O–H groups in total. The number of sulfone groups is 1. The Morgan fingerprint density at radius 1 is 1.17 bits per heavy atom. The molecule has 1 rings (SSSR count). The van der Waals surface area contributed by atoms with Crippen molar-refractivity contribution in [3.05, 3.63) is 28.2 Å². The highest BCUT2D eigenvalue weighted by Gasteiger charge is 2.33. The van der Waals surface area contributed by atoms with Gasteiger partial charge >= 0.3 is 0 Å². The second-order valence-corrected chi connectivity index (χ2v) is 9.29. The van der Waals surface area contributed by atoms with Gasteiger partial charge in [0.15, 0.2) is 9.84 Å². The molecule has 0 aromatic heterocycles. The van der Waals surface area contributed by atoms with Crippen molar-refractivity contribution in [3.63, 3.8) is 0 Å². The highest BCUT2D eigenvalue weighted by atomic mass is 35.5. The predicted octanol–water partition coefficient (Wildman–Crippen LogP) is 2.60. The number of anilines is 1. The van der Waals surface area contributed by atoms with E-state index < -0.39 is 32.2 Å². The molecule has 0 saturated carbocycles. The van der Waals surface area contributed by atoms with Crippen LogP contribution in [0.3, 0.4) is 0 Å². The highest BCUT2D eigenvalue weighted by molar-refractivity contribution is 7.93. The van der Waals surface area contributed by atoms with Crippen LogP contribution in [0.1, 0.15) is 20.8 Å². The number of hydrogen-bond donors (Lipinski definition) is 1. The molecule has 0 bridgehead atoms. The van der Waals surface area contributed by atoms with Gasteiger partial charge in [0, 0.05) is 12.7 Å². The molecule has 0 fully saturated rings. The van der Waals surface area contributed by atoms with Gasteiger partial charge in [0.25, 0.3) is 0 Å². The first-order valence-corrected chi connectivity index (χ1v) is 9.56. The zero-order valence-corrected chi connectivity index (χ0v) is 16.2. The number of hydrogen-bond acceptors (Lipinski definition) is 4. The number of amides is 2. The van der Waals surface area contributed by atoms with Gasteiger partial charge in [-0.15, -0.1) is 0 Å². The van der Waals surface area contributed by atoms with Crippen molar-refractivity contribution < 1.29 is 18.0 Å². The number of nitrogens with one attached hydrogen (secondary N) is 1. The summed E-state index contributed by atoms with van der Waals surface area (Å²) in [6.45, 7) is 4.06. The zero-order valence-electron chi connectivity index (χ0n) is 13.8. The van der Waals surface area contributed by atoms with Gasteiger partial charge < -0.3 is 10.2 Å². The molecular weight excluding hydrogens is 375 g/mol. The van der Waals surface area contributed by atoms with E-state index in [1.54, 1.807) is 6.07 Å². The molecule has 24 heavy (non-hydrogen) atoms. The van der Waals surface area contributed by atoms with Crippen LogP contribution < -0.4 is 5.32 Å². The molecule has 1 aromatic carbocycles. The summed E-state index contributed by atoms with van der Waals surface area (Å²) in [7, 11) is -2.20. The monoisotopic (exact) mass is 394 g/mol. The van der Waals surface area contributed by atoms with E-state index in [9.17, 15) is 18.0 Å². The normalized spacial score (nSPS) is 12.8. The Morgan fingerprint density at radius 2 is 1.75 bits per heavy atom. The maximum Gasteiger partial charge on any atom is 0.243 e. The van der Waals surface area contributed by atoms with Crippen LogP contribution >= 0.6 is 23.2 Å². The number of halogens is 2. The third kappa shape index (κ3) is 5.09. The molecular formula is C15H20Cl2N2O4S. The number of benzene rings is 1. The Balaban J connectivity index is 2.72. The molecule has 1 atom stereocenters. The van der Waals surface area contributed by atoms with E-state index in [2.05, 4.69) is 5.32 Å². The van der Waals surface area contributed by atoms with Crippen molar-refractivity contribution in [1.29, 1.82) is 0 Å². The van der Waals surface area contributed by atoms with Crippen LogP contribution in [0.4, 0.5) is 5.69 Å². The Hall–Kier alpha value is -1.31. The van der Waals surface area contributed by atoms with Crippen LogP contribution in [0.25, 0.3) is 0 Å². The number of rotatable bonds is 6. The second kappa shape index (κ2) is 8.18. The fraction of sp³-hybridized carbons (Fsp3) is 0.467. The average Bonchev–Trinajstić information content (AvgIpc) is 2.48. The molecule has 134 valence electrons. The van der Waals surface area contributed by atoms with Gasteiger partial charge in [-0.1, -0.05) is 23.2 Å². The first kappa shape index (κ1) is 20.7. The van der Waals surface area contributed by atoms with Gasteiger partial charge in [-0.05, 0) is 39.0 Å². The fourth-order valence-corrected chi connectivity index (χ4v) is 3.50. The van der Waals surface area contributed by atoms with Crippen molar-refractivity contribution in [2.75, 3.05) is 18.9 Å². The third-order valence-electron chi connectivity index (χ3n) is 3.46. The maximum atomic E-state index is 12.2. The van der Waals surface area contributed by atoms with Crippen LogP contribution in [-0.2, 0) is 19.4 Å². The molecule has 0 aliphatic heterocycles. The molecule has 1 unspecified atom stereocenters. The number of carbonyl (C=O) groups is 2. The predicted molar refractivity (Wildman–Crippen MR) is 96.2 cm³/mol. The van der Waals surface area contributed by atoms with E-state index in [-0.39, 0.29) is 11.6 Å². The Labute approximate surface area is 152 Å². The Morgan fingerprint density at radius 3 is 2.25 bits per heavy atom. The molecule has 6 nitrogen and oxygen atoms in total. The second-order valence-electron chi connectivity index (χ2n) is 5.65. The topological polar surface area (TPSA) is 83.6 Å². The lowest BCUT2D eigenvalue weighted by Gasteiger charge is -2.22. The van der Waals surface area contributed by atoms with Crippen LogP contribution in [0, 0.1) is 0 Å². The van der Waals surface area contributed by atoms with Gasteiger partial charge in [-0.25, -0.2) is 8.42 Å². The Kier molecular flexibility index (Phi) is 7.07. The summed E-state index contributed by atoms with van der Waals surface area (Å²) in [5.41, 5.74) is 0.429. The lowest BCUT2D eigenvalue weighted by atomic mass is 10.3. The van der Waals surface area contributed by atoms with E-state index in [1.807, 2.05) is 0 Å². The summed E-state index contributed by atoms with van der Waals surface area (Å²) in [6.07, 6.45) is 0. The van der Waals surface area contributed by atoms with Crippen LogP contribution in [0.2, 0.25) is 10.0 Å². The van der Waals surface area contributed by atoms with Crippen LogP contribution in [-0.4, -0.2) is 49.2 Å². The third-order valence-corrected chi connectivity index (χ3v) is 6.70. The maximum absolute atomic E-state index is 12.2. The summed E-state index contributed by atoms with van der Waals surface area (Å²) in [5, 5.41) is 1.34. The molecule has 9 heteroatoms. The summed E-state index contributed by atoms with van der Waals surface area (Å²) in [4.78, 5) is 25.3. The van der Waals surface area contributed by atoms with Crippen molar-refractivity contribution in [2.45, 2.75) is 31.3 Å². The highest BCUT2D eigenvalue weighted by Crippen LogP contribution is 2.24. The summed E-state index contributed by atoms with van der Waals surface area (Å²) >= 11 is 11.7. The van der Waals surface area contributed by atoms with E-state index in [4.69, 9.17) is 23.2 Å². The van der Waals surface area contributed by atoms with Crippen LogP contribution in [0.15, 0.2) is 18.2 Å². The number of nitrogens with zero attached hydrogens (tertiary/aromatic N) is 1. The summed E-state index contributed by atoms with van der Waals surface area (Å²) < 4.78 is 24.1. The largest absolute Gasteiger partial charge is 0.335 e. The van der Waals surface area contributed by atoms with Gasteiger partial charge in [-0.3, -0.25) is 9.59 Å². The van der Waals surface area contributed by atoms with Gasteiger partial charge in [0.1, 0.15) is 5.25 Å². The zero-order chi connectivity index (χ0) is 18.7. The molecule has 0 radical (unpaired) electrons. The van der Waals surface area contributed by atoms with Crippen molar-refractivity contribution >= 4 is 50.5 Å². The van der Waals surface area contributed by atoms with Gasteiger partial charge in [0.05, 0.1) is 21.8 Å². The molecule has 0 heterocycles. The standard InChI is InChI=1S/C15H20Cl2N2O4S/c1-9(2)24(22,23)10(3)15(21)19(4)8-14(20)18-11-5-6-12(16)13(17)7-11/h5-7,9-10H,8H2,1-4H3,(H,18,20). The van der Waals surface area contributed by atoms with Crippen molar-refractivity contribution in [3.8, 4) is 0 Å². The smallest absolute Gasteiger partial charge is 0.243 e. The Bertz CT molecular complexity index is 735. The molecule has 0 aliphatic carbocycles. The average molecular weight is 395 g/mol. The molecule has 0 aliphatic rings.